The summed E-state index contributed by atoms with van der Waals surface area (Å²) >= 11 is 0. The molecule has 0 radical (unpaired) electrons. The van der Waals surface area contributed by atoms with Crippen molar-refractivity contribution in [3.05, 3.63) is 89.7 Å². The summed E-state index contributed by atoms with van der Waals surface area (Å²) in [5.74, 6) is -0.114. The minimum absolute atomic E-state index is 0.114. The maximum Gasteiger partial charge on any atom is 0.0920 e. The first-order valence-electron chi connectivity index (χ1n) is 7.13. The number of hydrogen-bond acceptors (Lipinski definition) is 2. The molecular formula is C19H15NO. The van der Waals surface area contributed by atoms with E-state index in [-0.39, 0.29) is 5.92 Å². The minimum Gasteiger partial charge on any atom is -0.387 e. The number of aliphatic hydroxyl groups excluding tert-OH is 1. The molecule has 102 valence electrons. The third kappa shape index (κ3) is 1.88. The molecule has 0 amide bonds. The first-order chi connectivity index (χ1) is 10.4. The van der Waals surface area contributed by atoms with Gasteiger partial charge in [-0.3, -0.25) is 4.98 Å². The molecule has 2 unspecified atom stereocenters. The van der Waals surface area contributed by atoms with Gasteiger partial charge in [-0.15, -0.1) is 0 Å². The molecule has 2 nitrogen and oxygen atoms in total. The van der Waals surface area contributed by atoms with Crippen molar-refractivity contribution < 1.29 is 5.11 Å². The quantitative estimate of drug-likeness (QED) is 0.728. The van der Waals surface area contributed by atoms with Gasteiger partial charge in [0.2, 0.25) is 0 Å². The van der Waals surface area contributed by atoms with Gasteiger partial charge in [-0.25, -0.2) is 0 Å². The van der Waals surface area contributed by atoms with Gasteiger partial charge < -0.3 is 5.11 Å². The SMILES string of the molecule is OC1c2ccccc2-c2ccccc2C1c1ccccn1. The number of benzene rings is 2. The fraction of sp³-hybridized carbons (Fsp3) is 0.105. The monoisotopic (exact) mass is 273 g/mol. The fourth-order valence-corrected chi connectivity index (χ4v) is 3.24. The van der Waals surface area contributed by atoms with Crippen LogP contribution in [-0.4, -0.2) is 10.1 Å². The van der Waals surface area contributed by atoms with Crippen LogP contribution in [0.15, 0.2) is 72.9 Å². The van der Waals surface area contributed by atoms with Gasteiger partial charge in [-0.1, -0.05) is 54.6 Å². The lowest BCUT2D eigenvalue weighted by Crippen LogP contribution is -2.19. The first kappa shape index (κ1) is 12.3. The van der Waals surface area contributed by atoms with Crippen molar-refractivity contribution in [2.45, 2.75) is 12.0 Å². The maximum atomic E-state index is 10.9. The van der Waals surface area contributed by atoms with Crippen LogP contribution < -0.4 is 0 Å². The molecule has 2 aromatic carbocycles. The number of nitrogens with zero attached hydrogens (tertiary/aromatic N) is 1. The zero-order valence-electron chi connectivity index (χ0n) is 11.5. The number of rotatable bonds is 1. The van der Waals surface area contributed by atoms with E-state index in [0.717, 1.165) is 22.4 Å². The van der Waals surface area contributed by atoms with E-state index < -0.39 is 6.10 Å². The van der Waals surface area contributed by atoms with Crippen LogP contribution in [0.3, 0.4) is 0 Å². The van der Waals surface area contributed by atoms with E-state index in [1.54, 1.807) is 6.20 Å². The Morgan fingerprint density at radius 3 is 2.05 bits per heavy atom. The minimum atomic E-state index is -0.564. The van der Waals surface area contributed by atoms with Crippen LogP contribution >= 0.6 is 0 Å². The molecule has 2 heteroatoms. The number of pyridine rings is 1. The summed E-state index contributed by atoms with van der Waals surface area (Å²) in [6, 6.07) is 22.2. The highest BCUT2D eigenvalue weighted by molar-refractivity contribution is 5.75. The van der Waals surface area contributed by atoms with Crippen LogP contribution in [-0.2, 0) is 0 Å². The van der Waals surface area contributed by atoms with Crippen LogP contribution in [0.4, 0.5) is 0 Å². The first-order valence-corrected chi connectivity index (χ1v) is 7.13. The second kappa shape index (κ2) is 4.83. The summed E-state index contributed by atoms with van der Waals surface area (Å²) in [7, 11) is 0. The van der Waals surface area contributed by atoms with Gasteiger partial charge in [0.25, 0.3) is 0 Å². The lowest BCUT2D eigenvalue weighted by Gasteiger charge is -2.32. The standard InChI is InChI=1S/C19H15NO/c21-19-16-10-4-2-8-14(16)13-7-1-3-9-15(13)18(19)17-11-5-6-12-20-17/h1-12,18-19,21H. The molecule has 0 fully saturated rings. The van der Waals surface area contributed by atoms with E-state index in [1.807, 2.05) is 48.5 Å². The molecule has 1 N–H and O–H groups in total. The fourth-order valence-electron chi connectivity index (χ4n) is 3.24. The summed E-state index contributed by atoms with van der Waals surface area (Å²) < 4.78 is 0. The van der Waals surface area contributed by atoms with Gasteiger partial charge in [-0.2, -0.15) is 0 Å². The Labute approximate surface area is 123 Å². The molecule has 0 bridgehead atoms. The Balaban J connectivity index is 1.99. The van der Waals surface area contributed by atoms with Crippen molar-refractivity contribution in [1.82, 2.24) is 4.98 Å². The molecule has 21 heavy (non-hydrogen) atoms. The number of aromatic nitrogens is 1. The highest BCUT2D eigenvalue weighted by atomic mass is 16.3. The van der Waals surface area contributed by atoms with E-state index in [4.69, 9.17) is 0 Å². The van der Waals surface area contributed by atoms with Crippen LogP contribution in [0.5, 0.6) is 0 Å². The van der Waals surface area contributed by atoms with Crippen molar-refractivity contribution in [2.75, 3.05) is 0 Å². The summed E-state index contributed by atoms with van der Waals surface area (Å²) in [6.07, 6.45) is 1.22. The molecule has 0 aliphatic heterocycles. The topological polar surface area (TPSA) is 33.1 Å². The molecule has 0 spiro atoms. The number of hydrogen-bond donors (Lipinski definition) is 1. The average molecular weight is 273 g/mol. The van der Waals surface area contributed by atoms with Gasteiger partial charge in [-0.05, 0) is 34.4 Å². The van der Waals surface area contributed by atoms with Crippen molar-refractivity contribution in [2.24, 2.45) is 0 Å². The highest BCUT2D eigenvalue weighted by Gasteiger charge is 2.33. The summed E-state index contributed by atoms with van der Waals surface area (Å²) in [5.41, 5.74) is 5.34. The Bertz CT molecular complexity index is 782. The Hall–Kier alpha value is -2.45. The smallest absolute Gasteiger partial charge is 0.0920 e. The van der Waals surface area contributed by atoms with E-state index in [2.05, 4.69) is 23.2 Å². The van der Waals surface area contributed by atoms with Gasteiger partial charge >= 0.3 is 0 Å². The zero-order valence-corrected chi connectivity index (χ0v) is 11.5. The van der Waals surface area contributed by atoms with Gasteiger partial charge in [0.1, 0.15) is 0 Å². The summed E-state index contributed by atoms with van der Waals surface area (Å²) in [4.78, 5) is 4.46. The Morgan fingerprint density at radius 1 is 0.714 bits per heavy atom. The summed E-state index contributed by atoms with van der Waals surface area (Å²) in [6.45, 7) is 0. The molecule has 0 saturated heterocycles. The molecule has 0 saturated carbocycles. The molecule has 1 aliphatic rings. The van der Waals surface area contributed by atoms with Crippen molar-refractivity contribution in [3.63, 3.8) is 0 Å². The molecule has 3 aromatic rings. The van der Waals surface area contributed by atoms with E-state index in [0.29, 0.717) is 0 Å². The zero-order chi connectivity index (χ0) is 14.2. The Kier molecular flexibility index (Phi) is 2.83. The van der Waals surface area contributed by atoms with Crippen LogP contribution in [0.1, 0.15) is 28.8 Å². The number of fused-ring (bicyclic) bond motifs is 3. The third-order valence-electron chi connectivity index (χ3n) is 4.19. The van der Waals surface area contributed by atoms with Gasteiger partial charge in [0.05, 0.1) is 17.7 Å². The molecule has 2 atom stereocenters. The predicted molar refractivity (Wildman–Crippen MR) is 82.9 cm³/mol. The summed E-state index contributed by atoms with van der Waals surface area (Å²) in [5, 5.41) is 10.9. The lowest BCUT2D eigenvalue weighted by molar-refractivity contribution is 0.156. The lowest BCUT2D eigenvalue weighted by atomic mass is 9.75. The molecule has 1 aromatic heterocycles. The second-order valence-electron chi connectivity index (χ2n) is 5.35. The molecular weight excluding hydrogens is 258 g/mol. The number of aliphatic hydroxyl groups is 1. The maximum absolute atomic E-state index is 10.9. The third-order valence-corrected chi connectivity index (χ3v) is 4.19. The van der Waals surface area contributed by atoms with Crippen molar-refractivity contribution in [1.29, 1.82) is 0 Å². The highest BCUT2D eigenvalue weighted by Crippen LogP contribution is 2.47. The molecule has 1 aliphatic carbocycles. The van der Waals surface area contributed by atoms with Crippen LogP contribution in [0, 0.1) is 0 Å². The normalized spacial score (nSPS) is 19.7. The van der Waals surface area contributed by atoms with E-state index in [1.165, 1.54) is 5.56 Å². The Morgan fingerprint density at radius 2 is 1.33 bits per heavy atom. The molecule has 4 rings (SSSR count). The van der Waals surface area contributed by atoms with Crippen LogP contribution in [0.25, 0.3) is 11.1 Å². The average Bonchev–Trinajstić information content (AvgIpc) is 2.56. The van der Waals surface area contributed by atoms with Crippen molar-refractivity contribution in [3.8, 4) is 11.1 Å². The molecule has 1 heterocycles. The van der Waals surface area contributed by atoms with E-state index in [9.17, 15) is 5.11 Å². The predicted octanol–water partition coefficient (Wildman–Crippen LogP) is 3.93. The van der Waals surface area contributed by atoms with E-state index >= 15 is 0 Å². The van der Waals surface area contributed by atoms with Crippen molar-refractivity contribution >= 4 is 0 Å². The van der Waals surface area contributed by atoms with Gasteiger partial charge in [0.15, 0.2) is 0 Å². The van der Waals surface area contributed by atoms with Crippen LogP contribution in [0.2, 0.25) is 0 Å². The largest absolute Gasteiger partial charge is 0.387 e. The van der Waals surface area contributed by atoms with Gasteiger partial charge in [0, 0.05) is 6.20 Å². The second-order valence-corrected chi connectivity index (χ2v) is 5.35.